The van der Waals surface area contributed by atoms with E-state index in [2.05, 4.69) is 48.5 Å². The standard InChI is InChI=1S/C19H20O/c20-19(16-10-8-14(9-11-16)13-6-7-13)18-12-17(18)15-4-2-1-3-5-15/h1-5,8-11,13,17-20H,6-7,12H2. The minimum Gasteiger partial charge on any atom is -0.388 e. The Labute approximate surface area is 120 Å². The molecule has 0 amide bonds. The fraction of sp³-hybridized carbons (Fsp3) is 0.368. The molecule has 0 aromatic heterocycles. The smallest absolute Gasteiger partial charge is 0.0824 e. The molecule has 2 aromatic rings. The maximum Gasteiger partial charge on any atom is 0.0824 e. The summed E-state index contributed by atoms with van der Waals surface area (Å²) < 4.78 is 0. The minimum absolute atomic E-state index is 0.312. The van der Waals surface area contributed by atoms with Crippen molar-refractivity contribution in [2.75, 3.05) is 0 Å². The second-order valence-corrected chi connectivity index (χ2v) is 6.30. The van der Waals surface area contributed by atoms with Crippen molar-refractivity contribution in [1.82, 2.24) is 0 Å². The average molecular weight is 264 g/mol. The van der Waals surface area contributed by atoms with Gasteiger partial charge in [-0.2, -0.15) is 0 Å². The Hall–Kier alpha value is -1.60. The fourth-order valence-electron chi connectivity index (χ4n) is 3.28. The number of aliphatic hydroxyl groups is 1. The molecular formula is C19H20O. The third-order valence-corrected chi connectivity index (χ3v) is 4.80. The lowest BCUT2D eigenvalue weighted by Gasteiger charge is -2.11. The summed E-state index contributed by atoms with van der Waals surface area (Å²) >= 11 is 0. The quantitative estimate of drug-likeness (QED) is 0.867. The van der Waals surface area contributed by atoms with Crippen LogP contribution in [0.15, 0.2) is 54.6 Å². The van der Waals surface area contributed by atoms with E-state index in [1.54, 1.807) is 0 Å². The van der Waals surface area contributed by atoms with Crippen molar-refractivity contribution < 1.29 is 5.11 Å². The molecule has 2 aromatic carbocycles. The van der Waals surface area contributed by atoms with Crippen LogP contribution in [-0.2, 0) is 0 Å². The van der Waals surface area contributed by atoms with Crippen LogP contribution in [0.3, 0.4) is 0 Å². The Morgan fingerprint density at radius 1 is 0.850 bits per heavy atom. The summed E-state index contributed by atoms with van der Waals surface area (Å²) in [6.45, 7) is 0. The van der Waals surface area contributed by atoms with Crippen LogP contribution in [0.1, 0.15) is 53.9 Å². The lowest BCUT2D eigenvalue weighted by atomic mass is 9.99. The Morgan fingerprint density at radius 2 is 1.55 bits per heavy atom. The molecule has 2 aliphatic rings. The van der Waals surface area contributed by atoms with Crippen LogP contribution in [0.2, 0.25) is 0 Å². The van der Waals surface area contributed by atoms with Gasteiger partial charge >= 0.3 is 0 Å². The van der Waals surface area contributed by atoms with Crippen molar-refractivity contribution in [3.63, 3.8) is 0 Å². The van der Waals surface area contributed by atoms with Crippen LogP contribution in [0, 0.1) is 5.92 Å². The summed E-state index contributed by atoms with van der Waals surface area (Å²) in [5, 5.41) is 10.5. The van der Waals surface area contributed by atoms with Crippen LogP contribution in [0.5, 0.6) is 0 Å². The van der Waals surface area contributed by atoms with Crippen molar-refractivity contribution in [1.29, 1.82) is 0 Å². The first-order valence-electron chi connectivity index (χ1n) is 7.66. The van der Waals surface area contributed by atoms with Crippen molar-refractivity contribution in [3.8, 4) is 0 Å². The topological polar surface area (TPSA) is 20.2 Å². The molecule has 2 fully saturated rings. The molecule has 2 aliphatic carbocycles. The highest BCUT2D eigenvalue weighted by Crippen LogP contribution is 2.54. The van der Waals surface area contributed by atoms with Crippen molar-refractivity contribution in [3.05, 3.63) is 71.3 Å². The van der Waals surface area contributed by atoms with Crippen LogP contribution >= 0.6 is 0 Å². The van der Waals surface area contributed by atoms with E-state index in [0.717, 1.165) is 17.9 Å². The Morgan fingerprint density at radius 3 is 2.20 bits per heavy atom. The van der Waals surface area contributed by atoms with Gasteiger partial charge in [-0.1, -0.05) is 54.6 Å². The van der Waals surface area contributed by atoms with Crippen LogP contribution < -0.4 is 0 Å². The maximum absolute atomic E-state index is 10.5. The molecule has 1 N–H and O–H groups in total. The highest BCUT2D eigenvalue weighted by atomic mass is 16.3. The summed E-state index contributed by atoms with van der Waals surface area (Å²) in [6, 6.07) is 19.2. The predicted molar refractivity (Wildman–Crippen MR) is 80.7 cm³/mol. The molecule has 0 aliphatic heterocycles. The van der Waals surface area contributed by atoms with Gasteiger partial charge in [-0.25, -0.2) is 0 Å². The summed E-state index contributed by atoms with van der Waals surface area (Å²) in [5.74, 6) is 1.72. The number of hydrogen-bond donors (Lipinski definition) is 1. The van der Waals surface area contributed by atoms with Crippen molar-refractivity contribution in [2.24, 2.45) is 5.92 Å². The highest BCUT2D eigenvalue weighted by Gasteiger charge is 2.43. The monoisotopic (exact) mass is 264 g/mol. The van der Waals surface area contributed by atoms with Gasteiger partial charge in [0.1, 0.15) is 0 Å². The lowest BCUT2D eigenvalue weighted by Crippen LogP contribution is -2.01. The molecular weight excluding hydrogens is 244 g/mol. The fourth-order valence-corrected chi connectivity index (χ4v) is 3.28. The zero-order chi connectivity index (χ0) is 13.5. The van der Waals surface area contributed by atoms with Gasteiger partial charge in [-0.3, -0.25) is 0 Å². The first kappa shape index (κ1) is 12.2. The van der Waals surface area contributed by atoms with Gasteiger partial charge in [-0.15, -0.1) is 0 Å². The van der Waals surface area contributed by atoms with Crippen molar-refractivity contribution in [2.45, 2.75) is 37.2 Å². The Kier molecular flexibility index (Phi) is 2.89. The normalized spacial score (nSPS) is 26.2. The SMILES string of the molecule is OC(c1ccc(C2CC2)cc1)C1CC1c1ccccc1. The molecule has 0 saturated heterocycles. The predicted octanol–water partition coefficient (Wildman–Crippen LogP) is 4.40. The molecule has 3 unspecified atom stereocenters. The molecule has 0 radical (unpaired) electrons. The van der Waals surface area contributed by atoms with E-state index in [1.807, 2.05) is 6.07 Å². The zero-order valence-corrected chi connectivity index (χ0v) is 11.6. The first-order chi connectivity index (χ1) is 9.83. The van der Waals surface area contributed by atoms with E-state index in [4.69, 9.17) is 0 Å². The maximum atomic E-state index is 10.5. The molecule has 20 heavy (non-hydrogen) atoms. The molecule has 2 saturated carbocycles. The van der Waals surface area contributed by atoms with Gasteiger partial charge in [0.25, 0.3) is 0 Å². The van der Waals surface area contributed by atoms with Gasteiger partial charge in [-0.05, 0) is 53.7 Å². The van der Waals surface area contributed by atoms with E-state index in [0.29, 0.717) is 11.8 Å². The number of benzene rings is 2. The first-order valence-corrected chi connectivity index (χ1v) is 7.66. The number of aliphatic hydroxyl groups excluding tert-OH is 1. The molecule has 0 heterocycles. The van der Waals surface area contributed by atoms with E-state index < -0.39 is 0 Å². The van der Waals surface area contributed by atoms with Gasteiger partial charge in [0.05, 0.1) is 6.10 Å². The van der Waals surface area contributed by atoms with E-state index in [-0.39, 0.29) is 6.10 Å². The van der Waals surface area contributed by atoms with Gasteiger partial charge in [0.2, 0.25) is 0 Å². The zero-order valence-electron chi connectivity index (χ0n) is 11.6. The van der Waals surface area contributed by atoms with Crippen LogP contribution in [-0.4, -0.2) is 5.11 Å². The molecule has 4 rings (SSSR count). The van der Waals surface area contributed by atoms with E-state index in [1.165, 1.54) is 24.0 Å². The van der Waals surface area contributed by atoms with Gasteiger partial charge in [0.15, 0.2) is 0 Å². The molecule has 102 valence electrons. The van der Waals surface area contributed by atoms with Crippen molar-refractivity contribution >= 4 is 0 Å². The molecule has 0 bridgehead atoms. The summed E-state index contributed by atoms with van der Waals surface area (Å²) in [6.07, 6.45) is 3.46. The van der Waals surface area contributed by atoms with Gasteiger partial charge in [0, 0.05) is 0 Å². The second kappa shape index (κ2) is 4.75. The van der Waals surface area contributed by atoms with E-state index >= 15 is 0 Å². The number of hydrogen-bond acceptors (Lipinski definition) is 1. The Balaban J connectivity index is 1.46. The summed E-state index contributed by atoms with van der Waals surface area (Å²) in [7, 11) is 0. The molecule has 1 heteroatoms. The lowest BCUT2D eigenvalue weighted by molar-refractivity contribution is 0.151. The molecule has 0 spiro atoms. The van der Waals surface area contributed by atoms with Crippen LogP contribution in [0.4, 0.5) is 0 Å². The highest BCUT2D eigenvalue weighted by molar-refractivity contribution is 5.32. The molecule has 1 nitrogen and oxygen atoms in total. The van der Waals surface area contributed by atoms with Gasteiger partial charge < -0.3 is 5.11 Å². The second-order valence-electron chi connectivity index (χ2n) is 6.30. The molecule has 3 atom stereocenters. The summed E-state index contributed by atoms with van der Waals surface area (Å²) in [5.41, 5.74) is 3.89. The Bertz CT molecular complexity index is 583. The third kappa shape index (κ3) is 2.27. The van der Waals surface area contributed by atoms with E-state index in [9.17, 15) is 5.11 Å². The average Bonchev–Trinajstić information content (AvgIpc) is 3.41. The third-order valence-electron chi connectivity index (χ3n) is 4.80. The largest absolute Gasteiger partial charge is 0.388 e. The van der Waals surface area contributed by atoms with Crippen LogP contribution in [0.25, 0.3) is 0 Å². The minimum atomic E-state index is -0.312. The number of rotatable bonds is 4. The summed E-state index contributed by atoms with van der Waals surface area (Å²) in [4.78, 5) is 0.